The van der Waals surface area contributed by atoms with E-state index in [1.165, 1.54) is 30.9 Å². The molecule has 1 aliphatic heterocycles. The highest BCUT2D eigenvalue weighted by molar-refractivity contribution is 8.00. The van der Waals surface area contributed by atoms with Crippen LogP contribution < -0.4 is 19.7 Å². The molecular weight excluding hydrogens is 493 g/mol. The molecule has 1 saturated carbocycles. The molecule has 0 radical (unpaired) electrons. The van der Waals surface area contributed by atoms with Gasteiger partial charge in [-0.05, 0) is 67.9 Å². The van der Waals surface area contributed by atoms with Crippen LogP contribution in [-0.4, -0.2) is 54.2 Å². The summed E-state index contributed by atoms with van der Waals surface area (Å²) in [6, 6.07) is 8.69. The van der Waals surface area contributed by atoms with Crippen LogP contribution in [0, 0.1) is 12.3 Å². The highest BCUT2D eigenvalue weighted by atomic mass is 32.2. The van der Waals surface area contributed by atoms with E-state index < -0.39 is 19.2 Å². The second-order valence-corrected chi connectivity index (χ2v) is 10.3. The lowest BCUT2D eigenvalue weighted by molar-refractivity contribution is -0.139. The number of hydrogen-bond acceptors (Lipinski definition) is 7. The Hall–Kier alpha value is -2.66. The summed E-state index contributed by atoms with van der Waals surface area (Å²) < 4.78 is 45.7. The average molecular weight is 525 g/mol. The van der Waals surface area contributed by atoms with Gasteiger partial charge in [0.2, 0.25) is 5.88 Å². The number of piperidine rings is 1. The number of aromatic nitrogens is 1. The SMILES string of the molecule is Cc1cc(NC(=O)c2ccc(NSCCO)cc2N2CCC3(CC2)CC3)nc(OCCC(F)(F)F)c1. The maximum atomic E-state index is 13.3. The van der Waals surface area contributed by atoms with Crippen LogP contribution in [0.1, 0.15) is 48.0 Å². The highest BCUT2D eigenvalue weighted by Crippen LogP contribution is 2.54. The lowest BCUT2D eigenvalue weighted by Crippen LogP contribution is -2.35. The van der Waals surface area contributed by atoms with Gasteiger partial charge < -0.3 is 24.8 Å². The molecule has 2 aromatic rings. The lowest BCUT2D eigenvalue weighted by atomic mass is 9.93. The van der Waals surface area contributed by atoms with Crippen molar-refractivity contribution in [1.82, 2.24) is 4.98 Å². The number of anilines is 3. The number of amides is 1. The van der Waals surface area contributed by atoms with Gasteiger partial charge in [0.1, 0.15) is 5.82 Å². The first kappa shape index (κ1) is 26.4. The summed E-state index contributed by atoms with van der Waals surface area (Å²) >= 11 is 1.39. The van der Waals surface area contributed by atoms with Crippen molar-refractivity contribution in [1.29, 1.82) is 0 Å². The Morgan fingerprint density at radius 1 is 1.19 bits per heavy atom. The Kier molecular flexibility index (Phi) is 8.19. The van der Waals surface area contributed by atoms with E-state index in [0.29, 0.717) is 22.3 Å². The molecule has 2 heterocycles. The molecule has 11 heteroatoms. The van der Waals surface area contributed by atoms with Gasteiger partial charge in [0.15, 0.2) is 0 Å². The smallest absolute Gasteiger partial charge is 0.392 e. The number of nitrogens with one attached hydrogen (secondary N) is 2. The maximum absolute atomic E-state index is 13.3. The third-order valence-electron chi connectivity index (χ3n) is 6.57. The van der Waals surface area contributed by atoms with Crippen LogP contribution in [0.15, 0.2) is 30.3 Å². The molecule has 1 saturated heterocycles. The predicted molar refractivity (Wildman–Crippen MR) is 136 cm³/mol. The lowest BCUT2D eigenvalue weighted by Gasteiger charge is -2.35. The average Bonchev–Trinajstić information content (AvgIpc) is 3.57. The number of halogens is 3. The van der Waals surface area contributed by atoms with Crippen LogP contribution >= 0.6 is 11.9 Å². The molecule has 2 fully saturated rings. The van der Waals surface area contributed by atoms with Gasteiger partial charge in [0, 0.05) is 30.6 Å². The number of rotatable bonds is 10. The van der Waals surface area contributed by atoms with Crippen LogP contribution in [0.2, 0.25) is 0 Å². The molecular formula is C25H31F3N4O3S. The van der Waals surface area contributed by atoms with Gasteiger partial charge in [-0.3, -0.25) is 4.79 Å². The molecule has 1 amide bonds. The standard InChI is InChI=1S/C25H31F3N4O3S/c1-17-14-21(29-22(15-17)35-12-8-25(26,27)28)30-23(34)19-3-2-18(31-36-13-11-33)16-20(19)32-9-6-24(4-5-24)7-10-32/h2-3,14-16,31,33H,4-13H2,1H3,(H,29,30,34). The summed E-state index contributed by atoms with van der Waals surface area (Å²) in [6.07, 6.45) is -0.643. The van der Waals surface area contributed by atoms with E-state index in [-0.39, 0.29) is 24.2 Å². The van der Waals surface area contributed by atoms with Gasteiger partial charge in [-0.25, -0.2) is 0 Å². The van der Waals surface area contributed by atoms with Crippen molar-refractivity contribution < 1.29 is 27.8 Å². The summed E-state index contributed by atoms with van der Waals surface area (Å²) in [7, 11) is 0. The second-order valence-electron chi connectivity index (χ2n) is 9.43. The number of alkyl halides is 3. The summed E-state index contributed by atoms with van der Waals surface area (Å²) in [5, 5.41) is 11.8. The second kappa shape index (κ2) is 11.2. The van der Waals surface area contributed by atoms with E-state index in [0.717, 1.165) is 37.3 Å². The van der Waals surface area contributed by atoms with E-state index in [1.54, 1.807) is 19.1 Å². The summed E-state index contributed by atoms with van der Waals surface area (Å²) in [6.45, 7) is 3.01. The van der Waals surface area contributed by atoms with Crippen molar-refractivity contribution in [2.24, 2.45) is 5.41 Å². The third-order valence-corrected chi connectivity index (χ3v) is 7.34. The number of carbonyl (C=O) groups is 1. The minimum absolute atomic E-state index is 0.0287. The molecule has 2 aliphatic rings. The van der Waals surface area contributed by atoms with Crippen LogP contribution in [0.3, 0.4) is 0 Å². The molecule has 1 aliphatic carbocycles. The van der Waals surface area contributed by atoms with E-state index in [1.807, 2.05) is 12.1 Å². The minimum Gasteiger partial charge on any atom is -0.477 e. The fraction of sp³-hybridized carbons (Fsp3) is 0.520. The van der Waals surface area contributed by atoms with E-state index in [4.69, 9.17) is 9.84 Å². The molecule has 0 unspecified atom stereocenters. The zero-order chi connectivity index (χ0) is 25.8. The zero-order valence-electron chi connectivity index (χ0n) is 20.2. The Bertz CT molecular complexity index is 1070. The highest BCUT2D eigenvalue weighted by Gasteiger charge is 2.44. The van der Waals surface area contributed by atoms with Crippen LogP contribution in [0.4, 0.5) is 30.4 Å². The van der Waals surface area contributed by atoms with E-state index in [2.05, 4.69) is 19.9 Å². The number of benzene rings is 1. The number of aliphatic hydroxyl groups is 1. The first-order chi connectivity index (χ1) is 17.2. The van der Waals surface area contributed by atoms with Crippen molar-refractivity contribution in [2.45, 2.75) is 45.2 Å². The molecule has 1 aromatic heterocycles. The third kappa shape index (κ3) is 7.19. The fourth-order valence-corrected chi connectivity index (χ4v) is 4.84. The summed E-state index contributed by atoms with van der Waals surface area (Å²) in [4.78, 5) is 19.7. The van der Waals surface area contributed by atoms with Gasteiger partial charge in [-0.1, -0.05) is 11.9 Å². The van der Waals surface area contributed by atoms with Gasteiger partial charge in [-0.2, -0.15) is 18.2 Å². The molecule has 3 N–H and O–H groups in total. The Labute approximate surface area is 212 Å². The number of nitrogens with zero attached hydrogens (tertiary/aromatic N) is 2. The molecule has 36 heavy (non-hydrogen) atoms. The fourth-order valence-electron chi connectivity index (χ4n) is 4.36. The molecule has 0 bridgehead atoms. The van der Waals surface area contributed by atoms with Gasteiger partial charge in [-0.15, -0.1) is 0 Å². The predicted octanol–water partition coefficient (Wildman–Crippen LogP) is 5.41. The van der Waals surface area contributed by atoms with Crippen molar-refractivity contribution >= 4 is 35.0 Å². The van der Waals surface area contributed by atoms with Crippen molar-refractivity contribution in [3.63, 3.8) is 0 Å². The molecule has 4 rings (SSSR count). The largest absolute Gasteiger partial charge is 0.477 e. The number of hydrogen-bond donors (Lipinski definition) is 3. The number of aryl methyl sites for hydroxylation is 1. The molecule has 196 valence electrons. The molecule has 0 atom stereocenters. The van der Waals surface area contributed by atoms with Crippen molar-refractivity contribution in [3.05, 3.63) is 41.5 Å². The number of aliphatic hydroxyl groups excluding tert-OH is 1. The topological polar surface area (TPSA) is 86.7 Å². The Balaban J connectivity index is 1.50. The van der Waals surface area contributed by atoms with Crippen LogP contribution in [0.5, 0.6) is 5.88 Å². The van der Waals surface area contributed by atoms with E-state index in [9.17, 15) is 18.0 Å². The first-order valence-corrected chi connectivity index (χ1v) is 13.0. The van der Waals surface area contributed by atoms with Crippen molar-refractivity contribution in [3.8, 4) is 5.88 Å². The number of ether oxygens (including phenoxy) is 1. The normalized spacial score (nSPS) is 16.6. The molecule has 7 nitrogen and oxygen atoms in total. The number of carbonyl (C=O) groups excluding carboxylic acids is 1. The Morgan fingerprint density at radius 3 is 2.61 bits per heavy atom. The number of pyridine rings is 1. The molecule has 1 spiro atoms. The van der Waals surface area contributed by atoms with Gasteiger partial charge >= 0.3 is 6.18 Å². The van der Waals surface area contributed by atoms with Crippen molar-refractivity contribution in [2.75, 3.05) is 47.0 Å². The van der Waals surface area contributed by atoms with Gasteiger partial charge in [0.25, 0.3) is 5.91 Å². The van der Waals surface area contributed by atoms with Crippen LogP contribution in [-0.2, 0) is 0 Å². The molecule has 1 aromatic carbocycles. The Morgan fingerprint density at radius 2 is 1.94 bits per heavy atom. The maximum Gasteiger partial charge on any atom is 0.392 e. The van der Waals surface area contributed by atoms with Crippen LogP contribution in [0.25, 0.3) is 0 Å². The zero-order valence-corrected chi connectivity index (χ0v) is 21.0. The van der Waals surface area contributed by atoms with E-state index >= 15 is 0 Å². The summed E-state index contributed by atoms with van der Waals surface area (Å²) in [5.74, 6) is 0.423. The summed E-state index contributed by atoms with van der Waals surface area (Å²) in [5.41, 5.74) is 3.32. The van der Waals surface area contributed by atoms with Gasteiger partial charge in [0.05, 0.1) is 30.9 Å². The first-order valence-electron chi connectivity index (χ1n) is 12.0. The minimum atomic E-state index is -4.32. The quantitative estimate of drug-likeness (QED) is 0.283. The monoisotopic (exact) mass is 524 g/mol.